The standard InChI is InChI=1S/C12H14N2O2/c1-10-12(15)16-13-14(10)9-5-8-11-6-3-2-4-7-11/h2-4,6-7H,5,8-9H2,1H3/p+1. The van der Waals surface area contributed by atoms with E-state index in [-0.39, 0.29) is 5.63 Å². The van der Waals surface area contributed by atoms with E-state index in [0.29, 0.717) is 5.69 Å². The molecule has 0 fully saturated rings. The molecule has 0 saturated carbocycles. The Morgan fingerprint density at radius 2 is 2.06 bits per heavy atom. The summed E-state index contributed by atoms with van der Waals surface area (Å²) >= 11 is 0. The summed E-state index contributed by atoms with van der Waals surface area (Å²) in [6, 6.07) is 10.3. The number of aromatic nitrogens is 2. The SMILES string of the molecule is Cc1c(=O)o[nH][n+]1CCCc1ccccc1. The lowest BCUT2D eigenvalue weighted by molar-refractivity contribution is -0.767. The number of rotatable bonds is 4. The second-order valence-electron chi connectivity index (χ2n) is 3.81. The van der Waals surface area contributed by atoms with Crippen LogP contribution in [0.3, 0.4) is 0 Å². The molecule has 0 aliphatic heterocycles. The van der Waals surface area contributed by atoms with Crippen molar-refractivity contribution in [3.8, 4) is 0 Å². The number of hydrogen-bond acceptors (Lipinski definition) is 2. The zero-order valence-electron chi connectivity index (χ0n) is 9.27. The average molecular weight is 219 g/mol. The topological polar surface area (TPSA) is 49.9 Å². The first-order valence-corrected chi connectivity index (χ1v) is 5.39. The zero-order chi connectivity index (χ0) is 11.4. The van der Waals surface area contributed by atoms with Gasteiger partial charge in [-0.3, -0.25) is 4.52 Å². The highest BCUT2D eigenvalue weighted by Gasteiger charge is 2.13. The Bertz CT molecular complexity index is 499. The van der Waals surface area contributed by atoms with E-state index in [1.807, 2.05) is 18.2 Å². The largest absolute Gasteiger partial charge is 0.429 e. The van der Waals surface area contributed by atoms with Crippen molar-refractivity contribution >= 4 is 0 Å². The minimum atomic E-state index is -0.292. The molecule has 4 heteroatoms. The molecule has 1 N–H and O–H groups in total. The predicted molar refractivity (Wildman–Crippen MR) is 59.0 cm³/mol. The lowest BCUT2D eigenvalue weighted by atomic mass is 10.1. The molecule has 0 amide bonds. The Morgan fingerprint density at radius 1 is 1.31 bits per heavy atom. The lowest BCUT2D eigenvalue weighted by Crippen LogP contribution is -2.39. The van der Waals surface area contributed by atoms with Gasteiger partial charge in [0.15, 0.2) is 6.54 Å². The minimum absolute atomic E-state index is 0.292. The maximum absolute atomic E-state index is 11.1. The quantitative estimate of drug-likeness (QED) is 0.785. The number of benzene rings is 1. The van der Waals surface area contributed by atoms with Crippen LogP contribution in [0.15, 0.2) is 39.6 Å². The van der Waals surface area contributed by atoms with E-state index in [2.05, 4.69) is 21.9 Å². The predicted octanol–water partition coefficient (Wildman–Crippen LogP) is 1.20. The first kappa shape index (κ1) is 10.7. The fourth-order valence-corrected chi connectivity index (χ4v) is 1.65. The summed E-state index contributed by atoms with van der Waals surface area (Å²) in [7, 11) is 0. The molecule has 84 valence electrons. The molecule has 0 unspecified atom stereocenters. The van der Waals surface area contributed by atoms with Crippen LogP contribution in [-0.4, -0.2) is 5.27 Å². The average Bonchev–Trinajstić information content (AvgIpc) is 2.62. The molecular formula is C12H15N2O2+. The van der Waals surface area contributed by atoms with Crippen LogP contribution < -0.4 is 10.3 Å². The summed E-state index contributed by atoms with van der Waals surface area (Å²) in [5, 5.41) is 2.59. The molecule has 0 bridgehead atoms. The fraction of sp³-hybridized carbons (Fsp3) is 0.333. The monoisotopic (exact) mass is 219 g/mol. The lowest BCUT2D eigenvalue weighted by Gasteiger charge is -1.97. The zero-order valence-corrected chi connectivity index (χ0v) is 9.27. The van der Waals surface area contributed by atoms with Crippen molar-refractivity contribution in [1.82, 2.24) is 5.27 Å². The van der Waals surface area contributed by atoms with Crippen LogP contribution in [0, 0.1) is 6.92 Å². The molecule has 1 aromatic heterocycles. The van der Waals surface area contributed by atoms with Gasteiger partial charge in [0, 0.05) is 13.3 Å². The fourth-order valence-electron chi connectivity index (χ4n) is 1.65. The van der Waals surface area contributed by atoms with Gasteiger partial charge in [-0.2, -0.15) is 0 Å². The molecule has 2 aromatic rings. The molecule has 1 heterocycles. The number of aryl methyl sites for hydroxylation is 2. The maximum atomic E-state index is 11.1. The first-order valence-electron chi connectivity index (χ1n) is 5.39. The van der Waals surface area contributed by atoms with E-state index in [4.69, 9.17) is 0 Å². The van der Waals surface area contributed by atoms with Crippen molar-refractivity contribution in [2.75, 3.05) is 0 Å². The van der Waals surface area contributed by atoms with Crippen LogP contribution in [0.4, 0.5) is 0 Å². The summed E-state index contributed by atoms with van der Waals surface area (Å²) in [4.78, 5) is 11.1. The maximum Gasteiger partial charge on any atom is 0.429 e. The Hall–Kier alpha value is -1.84. The van der Waals surface area contributed by atoms with Crippen LogP contribution in [-0.2, 0) is 13.0 Å². The Morgan fingerprint density at radius 3 is 2.69 bits per heavy atom. The summed E-state index contributed by atoms with van der Waals surface area (Å²) in [6.45, 7) is 2.53. The van der Waals surface area contributed by atoms with Gasteiger partial charge in [-0.1, -0.05) is 35.0 Å². The van der Waals surface area contributed by atoms with Crippen LogP contribution in [0.25, 0.3) is 0 Å². The molecule has 0 aliphatic rings. The van der Waals surface area contributed by atoms with E-state index < -0.39 is 0 Å². The minimum Gasteiger partial charge on any atom is -0.283 e. The van der Waals surface area contributed by atoms with Crippen molar-refractivity contribution in [1.29, 1.82) is 0 Å². The Labute approximate surface area is 93.5 Å². The normalized spacial score (nSPS) is 10.6. The van der Waals surface area contributed by atoms with E-state index in [1.165, 1.54) is 5.56 Å². The molecule has 0 spiro atoms. The highest BCUT2D eigenvalue weighted by Crippen LogP contribution is 2.01. The van der Waals surface area contributed by atoms with Gasteiger partial charge in [0.1, 0.15) is 0 Å². The van der Waals surface area contributed by atoms with E-state index >= 15 is 0 Å². The summed E-state index contributed by atoms with van der Waals surface area (Å²) in [6.07, 6.45) is 1.98. The van der Waals surface area contributed by atoms with Crippen LogP contribution >= 0.6 is 0 Å². The van der Waals surface area contributed by atoms with Gasteiger partial charge in [0.2, 0.25) is 0 Å². The van der Waals surface area contributed by atoms with Gasteiger partial charge in [0.05, 0.1) is 0 Å². The van der Waals surface area contributed by atoms with Gasteiger partial charge >= 0.3 is 5.63 Å². The number of nitrogens with one attached hydrogen (secondary N) is 1. The van der Waals surface area contributed by atoms with Gasteiger partial charge < -0.3 is 0 Å². The smallest absolute Gasteiger partial charge is 0.283 e. The van der Waals surface area contributed by atoms with Crippen molar-refractivity contribution in [3.05, 3.63) is 52.0 Å². The van der Waals surface area contributed by atoms with Gasteiger partial charge in [-0.05, 0) is 17.3 Å². The molecule has 0 radical (unpaired) electrons. The van der Waals surface area contributed by atoms with Gasteiger partial charge in [-0.25, -0.2) is 4.79 Å². The first-order chi connectivity index (χ1) is 7.77. The molecule has 4 nitrogen and oxygen atoms in total. The third-order valence-electron chi connectivity index (χ3n) is 2.64. The van der Waals surface area contributed by atoms with Crippen molar-refractivity contribution in [3.63, 3.8) is 0 Å². The van der Waals surface area contributed by atoms with Crippen LogP contribution in [0.2, 0.25) is 0 Å². The van der Waals surface area contributed by atoms with Crippen LogP contribution in [0.5, 0.6) is 0 Å². The summed E-state index contributed by atoms with van der Waals surface area (Å²) in [5.74, 6) is 0. The molecule has 0 aliphatic carbocycles. The Kier molecular flexibility index (Phi) is 3.19. The summed E-state index contributed by atoms with van der Waals surface area (Å²) in [5.41, 5.74) is 1.64. The third-order valence-corrected chi connectivity index (χ3v) is 2.64. The second-order valence-corrected chi connectivity index (χ2v) is 3.81. The number of hydrogen-bond donors (Lipinski definition) is 1. The van der Waals surface area contributed by atoms with Crippen molar-refractivity contribution in [2.24, 2.45) is 0 Å². The van der Waals surface area contributed by atoms with Crippen molar-refractivity contribution < 1.29 is 9.20 Å². The molecule has 2 rings (SSSR count). The van der Waals surface area contributed by atoms with E-state index in [1.54, 1.807) is 11.6 Å². The van der Waals surface area contributed by atoms with Crippen molar-refractivity contribution in [2.45, 2.75) is 26.3 Å². The molecule has 16 heavy (non-hydrogen) atoms. The van der Waals surface area contributed by atoms with E-state index in [0.717, 1.165) is 19.4 Å². The highest BCUT2D eigenvalue weighted by atomic mass is 16.5. The highest BCUT2D eigenvalue weighted by molar-refractivity contribution is 5.14. The number of nitrogens with zero attached hydrogens (tertiary/aromatic N) is 1. The molecule has 0 saturated heterocycles. The Balaban J connectivity index is 1.89. The van der Waals surface area contributed by atoms with Gasteiger partial charge in [0.25, 0.3) is 5.69 Å². The molecular weight excluding hydrogens is 204 g/mol. The number of H-pyrrole nitrogens is 1. The van der Waals surface area contributed by atoms with Crippen LogP contribution in [0.1, 0.15) is 17.7 Å². The number of aromatic amines is 1. The molecule has 1 aromatic carbocycles. The van der Waals surface area contributed by atoms with E-state index in [9.17, 15) is 4.79 Å². The summed E-state index contributed by atoms with van der Waals surface area (Å²) < 4.78 is 6.42. The third kappa shape index (κ3) is 2.39. The molecule has 0 atom stereocenters. The van der Waals surface area contributed by atoms with Gasteiger partial charge in [-0.15, -0.1) is 0 Å². The second kappa shape index (κ2) is 4.79.